The second kappa shape index (κ2) is 6.27. The molecule has 0 bridgehead atoms. The van der Waals surface area contributed by atoms with Crippen LogP contribution in [0.25, 0.3) is 0 Å². The first-order chi connectivity index (χ1) is 8.79. The third kappa shape index (κ3) is 3.91. The number of benzene rings is 1. The first-order valence-corrected chi connectivity index (χ1v) is 9.40. The average Bonchev–Trinajstić information content (AvgIpc) is 2.34. The highest BCUT2D eigenvalue weighted by Crippen LogP contribution is 2.50. The van der Waals surface area contributed by atoms with Gasteiger partial charge in [-0.15, -0.1) is 23.5 Å². The fourth-order valence-corrected chi connectivity index (χ4v) is 6.23. The molecule has 0 spiro atoms. The minimum atomic E-state index is 0.375. The van der Waals surface area contributed by atoms with Crippen molar-refractivity contribution in [2.45, 2.75) is 25.4 Å². The third-order valence-electron chi connectivity index (χ3n) is 3.40. The predicted octanol–water partition coefficient (Wildman–Crippen LogP) is 6.79. The molecule has 1 fully saturated rings. The van der Waals surface area contributed by atoms with Gasteiger partial charge < -0.3 is 0 Å². The van der Waals surface area contributed by atoms with E-state index in [4.69, 9.17) is 34.8 Å². The first-order valence-electron chi connectivity index (χ1n) is 6.16. The number of rotatable bonds is 1. The van der Waals surface area contributed by atoms with Crippen LogP contribution < -0.4 is 0 Å². The zero-order valence-corrected chi connectivity index (χ0v) is 15.1. The largest absolute Gasteiger partial charge is 0.142 e. The monoisotopic (exact) mass is 354 g/mol. The van der Waals surface area contributed by atoms with Crippen molar-refractivity contribution in [1.29, 1.82) is 0 Å². The highest BCUT2D eigenvalue weighted by Gasteiger charge is 2.31. The highest BCUT2D eigenvalue weighted by molar-refractivity contribution is 8.16. The molecular weight excluding hydrogens is 339 g/mol. The van der Waals surface area contributed by atoms with Crippen molar-refractivity contribution in [3.05, 3.63) is 32.8 Å². The average molecular weight is 356 g/mol. The molecule has 1 aromatic carbocycles. The standard InChI is InChI=1S/C14H17Cl3S2/c1-14(2,3)9-6-18-13(19-7-9)8-4-10(15)12(17)11(16)5-8/h4-5,9,13H,6-7H2,1-3H3. The van der Waals surface area contributed by atoms with Gasteiger partial charge in [0, 0.05) is 0 Å². The quantitative estimate of drug-likeness (QED) is 0.509. The van der Waals surface area contributed by atoms with Crippen molar-refractivity contribution in [3.8, 4) is 0 Å². The minimum absolute atomic E-state index is 0.375. The zero-order chi connectivity index (χ0) is 14.2. The van der Waals surface area contributed by atoms with E-state index in [-0.39, 0.29) is 0 Å². The molecule has 0 atom stereocenters. The van der Waals surface area contributed by atoms with Gasteiger partial charge in [-0.3, -0.25) is 0 Å². The maximum Gasteiger partial charge on any atom is 0.0778 e. The van der Waals surface area contributed by atoms with Crippen LogP contribution in [0.1, 0.15) is 30.9 Å². The van der Waals surface area contributed by atoms with Gasteiger partial charge in [-0.2, -0.15) is 0 Å². The lowest BCUT2D eigenvalue weighted by Crippen LogP contribution is -2.27. The fraction of sp³-hybridized carbons (Fsp3) is 0.571. The molecule has 5 heteroatoms. The van der Waals surface area contributed by atoms with E-state index in [9.17, 15) is 0 Å². The topological polar surface area (TPSA) is 0 Å². The van der Waals surface area contributed by atoms with E-state index in [1.165, 1.54) is 17.1 Å². The predicted molar refractivity (Wildman–Crippen MR) is 92.1 cm³/mol. The molecule has 0 radical (unpaired) electrons. The van der Waals surface area contributed by atoms with E-state index in [1.54, 1.807) is 0 Å². The molecule has 0 aromatic heterocycles. The minimum Gasteiger partial charge on any atom is -0.142 e. The summed E-state index contributed by atoms with van der Waals surface area (Å²) in [5.41, 5.74) is 1.54. The van der Waals surface area contributed by atoms with Crippen molar-refractivity contribution >= 4 is 58.3 Å². The molecular formula is C14H17Cl3S2. The summed E-state index contributed by atoms with van der Waals surface area (Å²) in [5.74, 6) is 3.11. The molecule has 19 heavy (non-hydrogen) atoms. The molecule has 0 amide bonds. The summed E-state index contributed by atoms with van der Waals surface area (Å²) in [5, 5.41) is 1.54. The van der Waals surface area contributed by atoms with Crippen LogP contribution in [0.5, 0.6) is 0 Å². The Bertz CT molecular complexity index is 437. The molecule has 0 saturated carbocycles. The van der Waals surface area contributed by atoms with Crippen molar-refractivity contribution < 1.29 is 0 Å². The van der Waals surface area contributed by atoms with Crippen molar-refractivity contribution in [2.75, 3.05) is 11.5 Å². The molecule has 1 aliphatic rings. The molecule has 0 N–H and O–H groups in total. The van der Waals surface area contributed by atoms with Crippen LogP contribution in [-0.4, -0.2) is 11.5 Å². The van der Waals surface area contributed by atoms with Crippen LogP contribution in [0.15, 0.2) is 12.1 Å². The Morgan fingerprint density at radius 3 is 1.89 bits per heavy atom. The van der Waals surface area contributed by atoms with Gasteiger partial charge in [0.25, 0.3) is 0 Å². The van der Waals surface area contributed by atoms with Gasteiger partial charge in [0.2, 0.25) is 0 Å². The van der Waals surface area contributed by atoms with Gasteiger partial charge in [0.15, 0.2) is 0 Å². The SMILES string of the molecule is CC(C)(C)C1CSC(c2cc(Cl)c(Cl)c(Cl)c2)SC1. The van der Waals surface area contributed by atoms with Crippen LogP contribution >= 0.6 is 58.3 Å². The van der Waals surface area contributed by atoms with Crippen LogP contribution in [0, 0.1) is 11.3 Å². The maximum atomic E-state index is 6.10. The Labute approximate surface area is 139 Å². The van der Waals surface area contributed by atoms with Gasteiger partial charge in [-0.05, 0) is 40.5 Å². The van der Waals surface area contributed by atoms with E-state index in [2.05, 4.69) is 20.8 Å². The molecule has 1 saturated heterocycles. The number of thioether (sulfide) groups is 2. The third-order valence-corrected chi connectivity index (χ3v) is 7.75. The summed E-state index contributed by atoms with van der Waals surface area (Å²) < 4.78 is 0.408. The molecule has 0 unspecified atom stereocenters. The fourth-order valence-electron chi connectivity index (χ4n) is 1.91. The summed E-state index contributed by atoms with van der Waals surface area (Å²) >= 11 is 22.2. The van der Waals surface area contributed by atoms with E-state index in [1.807, 2.05) is 35.7 Å². The van der Waals surface area contributed by atoms with E-state index >= 15 is 0 Å². The zero-order valence-electron chi connectivity index (χ0n) is 11.2. The second-order valence-corrected chi connectivity index (χ2v) is 9.63. The Morgan fingerprint density at radius 2 is 1.47 bits per heavy atom. The molecule has 0 nitrogen and oxygen atoms in total. The number of halogens is 3. The molecule has 0 aliphatic carbocycles. The second-order valence-electron chi connectivity index (χ2n) is 5.86. The van der Waals surface area contributed by atoms with Gasteiger partial charge in [0.05, 0.1) is 19.6 Å². The number of hydrogen-bond donors (Lipinski definition) is 0. The number of hydrogen-bond acceptors (Lipinski definition) is 2. The van der Waals surface area contributed by atoms with Crippen molar-refractivity contribution in [3.63, 3.8) is 0 Å². The van der Waals surface area contributed by atoms with E-state index < -0.39 is 0 Å². The summed E-state index contributed by atoms with van der Waals surface area (Å²) in [7, 11) is 0. The first kappa shape index (κ1) is 16.2. The van der Waals surface area contributed by atoms with Crippen LogP contribution in [-0.2, 0) is 0 Å². The summed E-state index contributed by atoms with van der Waals surface area (Å²) in [4.78, 5) is 0. The van der Waals surface area contributed by atoms with Crippen LogP contribution in [0.4, 0.5) is 0 Å². The molecule has 106 valence electrons. The Hall–Kier alpha value is 0.790. The molecule has 2 rings (SSSR count). The lowest BCUT2D eigenvalue weighted by molar-refractivity contribution is 0.292. The van der Waals surface area contributed by atoms with Gasteiger partial charge in [-0.1, -0.05) is 55.6 Å². The van der Waals surface area contributed by atoms with Gasteiger partial charge in [0.1, 0.15) is 0 Å². The van der Waals surface area contributed by atoms with Gasteiger partial charge in [-0.25, -0.2) is 0 Å². The lowest BCUT2D eigenvalue weighted by atomic mass is 9.83. The molecule has 1 aliphatic heterocycles. The van der Waals surface area contributed by atoms with Crippen molar-refractivity contribution in [1.82, 2.24) is 0 Å². The summed E-state index contributed by atoms with van der Waals surface area (Å²) in [6.45, 7) is 6.94. The summed E-state index contributed by atoms with van der Waals surface area (Å²) in [6, 6.07) is 3.88. The van der Waals surface area contributed by atoms with Crippen LogP contribution in [0.2, 0.25) is 15.1 Å². The summed E-state index contributed by atoms with van der Waals surface area (Å²) in [6.07, 6.45) is 0. The molecule has 1 heterocycles. The van der Waals surface area contributed by atoms with E-state index in [0.29, 0.717) is 25.1 Å². The van der Waals surface area contributed by atoms with Gasteiger partial charge >= 0.3 is 0 Å². The van der Waals surface area contributed by atoms with Crippen molar-refractivity contribution in [2.24, 2.45) is 11.3 Å². The van der Waals surface area contributed by atoms with Crippen LogP contribution in [0.3, 0.4) is 0 Å². The lowest BCUT2D eigenvalue weighted by Gasteiger charge is -2.36. The Morgan fingerprint density at radius 1 is 1.00 bits per heavy atom. The Balaban J connectivity index is 2.10. The molecule has 1 aromatic rings. The highest BCUT2D eigenvalue weighted by atomic mass is 35.5. The smallest absolute Gasteiger partial charge is 0.0778 e. The Kier molecular flexibility index (Phi) is 5.34. The van der Waals surface area contributed by atoms with E-state index in [0.717, 1.165) is 5.92 Å². The maximum absolute atomic E-state index is 6.10. The normalized spacial score (nSPS) is 24.5.